The van der Waals surface area contributed by atoms with Gasteiger partial charge >= 0.3 is 0 Å². The highest BCUT2D eigenvalue weighted by Gasteiger charge is 2.52. The molecule has 1 aliphatic carbocycles. The summed E-state index contributed by atoms with van der Waals surface area (Å²) in [4.78, 5) is 23.2. The van der Waals surface area contributed by atoms with Gasteiger partial charge in [-0.25, -0.2) is 4.98 Å². The molecule has 3 unspecified atom stereocenters. The maximum atomic E-state index is 13.8. The molecule has 0 radical (unpaired) electrons. The SMILES string of the molecule is COc1cc(OC)c(Cl)c(-c2cc3cnc(NC4CC(O[Si](c5ccccc5)(c5ccccc5)C(C)(C)C)CC4C)nc3n(C)c2=O)c1Cl. The number of nitrogens with zero attached hydrogens (tertiary/aromatic N) is 3. The summed E-state index contributed by atoms with van der Waals surface area (Å²) >= 11 is 13.3. The molecule has 49 heavy (non-hydrogen) atoms. The second kappa shape index (κ2) is 13.8. The van der Waals surface area contributed by atoms with Crippen LogP contribution in [-0.4, -0.2) is 49.2 Å². The fourth-order valence-corrected chi connectivity index (χ4v) is 12.6. The number of rotatable bonds is 9. The Kier molecular flexibility index (Phi) is 9.83. The zero-order valence-electron chi connectivity index (χ0n) is 28.9. The van der Waals surface area contributed by atoms with Gasteiger partial charge in [-0.2, -0.15) is 4.98 Å². The summed E-state index contributed by atoms with van der Waals surface area (Å²) in [5.41, 5.74) is 0.790. The number of hydrogen-bond donors (Lipinski definition) is 1. The molecule has 1 N–H and O–H groups in total. The zero-order chi connectivity index (χ0) is 35.1. The highest BCUT2D eigenvalue weighted by molar-refractivity contribution is 6.99. The van der Waals surface area contributed by atoms with E-state index >= 15 is 0 Å². The molecule has 2 heterocycles. The molecular formula is C38H42Cl2N4O4Si. The minimum atomic E-state index is -2.70. The smallest absolute Gasteiger partial charge is 0.261 e. The molecule has 0 saturated heterocycles. The Hall–Kier alpha value is -3.89. The van der Waals surface area contributed by atoms with Gasteiger partial charge in [0.1, 0.15) is 17.1 Å². The summed E-state index contributed by atoms with van der Waals surface area (Å²) in [7, 11) is 1.96. The van der Waals surface area contributed by atoms with Gasteiger partial charge in [0.2, 0.25) is 5.95 Å². The second-order valence-electron chi connectivity index (χ2n) is 13.8. The van der Waals surface area contributed by atoms with Crippen molar-refractivity contribution in [1.29, 1.82) is 0 Å². The van der Waals surface area contributed by atoms with Crippen molar-refractivity contribution in [3.63, 3.8) is 0 Å². The van der Waals surface area contributed by atoms with E-state index in [1.165, 1.54) is 29.2 Å². The Labute approximate surface area is 298 Å². The van der Waals surface area contributed by atoms with Crippen molar-refractivity contribution in [2.75, 3.05) is 19.5 Å². The number of fused-ring (bicyclic) bond motifs is 1. The Morgan fingerprint density at radius 1 is 0.898 bits per heavy atom. The monoisotopic (exact) mass is 716 g/mol. The Morgan fingerprint density at radius 2 is 1.47 bits per heavy atom. The Bertz CT molecular complexity index is 1970. The average Bonchev–Trinajstić information content (AvgIpc) is 3.44. The van der Waals surface area contributed by atoms with E-state index in [4.69, 9.17) is 42.1 Å². The fourth-order valence-electron chi connectivity index (χ4n) is 7.21. The molecule has 0 aliphatic heterocycles. The highest BCUT2D eigenvalue weighted by atomic mass is 35.5. The first-order valence-corrected chi connectivity index (χ1v) is 19.1. The number of benzene rings is 3. The van der Waals surface area contributed by atoms with Crippen molar-refractivity contribution in [2.24, 2.45) is 13.0 Å². The van der Waals surface area contributed by atoms with E-state index in [-0.39, 0.29) is 32.8 Å². The van der Waals surface area contributed by atoms with Gasteiger partial charge in [-0.05, 0) is 40.2 Å². The number of ether oxygens (including phenoxy) is 2. The van der Waals surface area contributed by atoms with E-state index in [0.717, 1.165) is 12.8 Å². The van der Waals surface area contributed by atoms with Gasteiger partial charge in [-0.1, -0.05) is 112 Å². The molecule has 256 valence electrons. The van der Waals surface area contributed by atoms with Crippen LogP contribution in [0.5, 0.6) is 11.5 Å². The quantitative estimate of drug-likeness (QED) is 0.158. The van der Waals surface area contributed by atoms with Crippen molar-refractivity contribution in [3.05, 3.63) is 99.4 Å². The van der Waals surface area contributed by atoms with E-state index in [1.54, 1.807) is 25.4 Å². The van der Waals surface area contributed by atoms with Crippen LogP contribution in [0.1, 0.15) is 40.5 Å². The maximum Gasteiger partial charge on any atom is 0.261 e. The van der Waals surface area contributed by atoms with E-state index in [2.05, 4.69) is 98.7 Å². The van der Waals surface area contributed by atoms with Gasteiger partial charge in [0.15, 0.2) is 0 Å². The summed E-state index contributed by atoms with van der Waals surface area (Å²) in [5, 5.41) is 7.10. The first kappa shape index (κ1) is 35.0. The Morgan fingerprint density at radius 3 is 2.00 bits per heavy atom. The molecule has 0 spiro atoms. The van der Waals surface area contributed by atoms with E-state index in [9.17, 15) is 4.79 Å². The first-order chi connectivity index (χ1) is 23.4. The standard InChI is InChI=1S/C38H42Cl2N4O4Si/c1-23-18-25(48-49(38(2,3)4,26-14-10-8-11-15-26)27-16-12-9-13-17-27)20-29(23)42-37-41-22-24-19-28(36(45)44(5)35(24)43-37)32-33(39)30(46-6)21-31(47-7)34(32)40/h8-17,19,21-23,25,29H,18,20H2,1-7H3,(H,41,42,43). The molecule has 3 atom stereocenters. The number of nitrogens with one attached hydrogen (secondary N) is 1. The first-order valence-electron chi connectivity index (χ1n) is 16.4. The molecule has 2 aromatic heterocycles. The third-order valence-corrected chi connectivity index (χ3v) is 15.5. The van der Waals surface area contributed by atoms with Crippen molar-refractivity contribution >= 4 is 58.9 Å². The van der Waals surface area contributed by atoms with Crippen LogP contribution in [0.3, 0.4) is 0 Å². The molecule has 0 bridgehead atoms. The molecule has 1 fully saturated rings. The van der Waals surface area contributed by atoms with Gasteiger partial charge in [0, 0.05) is 42.4 Å². The molecular weight excluding hydrogens is 675 g/mol. The van der Waals surface area contributed by atoms with Crippen LogP contribution >= 0.6 is 23.2 Å². The molecule has 8 nitrogen and oxygen atoms in total. The summed E-state index contributed by atoms with van der Waals surface area (Å²) in [6.07, 6.45) is 3.46. The second-order valence-corrected chi connectivity index (χ2v) is 18.8. The van der Waals surface area contributed by atoms with Crippen LogP contribution in [0.15, 0.2) is 83.8 Å². The normalized spacial score (nSPS) is 18.1. The summed E-state index contributed by atoms with van der Waals surface area (Å²) < 4.78 is 19.8. The Balaban J connectivity index is 1.30. The molecule has 11 heteroatoms. The minimum Gasteiger partial charge on any atom is -0.495 e. The molecule has 1 saturated carbocycles. The van der Waals surface area contributed by atoms with Crippen LogP contribution in [0.4, 0.5) is 5.95 Å². The summed E-state index contributed by atoms with van der Waals surface area (Å²) in [6.45, 7) is 9.15. The highest BCUT2D eigenvalue weighted by Crippen LogP contribution is 2.45. The number of aromatic nitrogens is 3. The number of pyridine rings is 1. The molecule has 3 aromatic carbocycles. The van der Waals surface area contributed by atoms with Gasteiger partial charge in [0.05, 0.1) is 29.8 Å². The van der Waals surface area contributed by atoms with Gasteiger partial charge in [-0.15, -0.1) is 0 Å². The zero-order valence-corrected chi connectivity index (χ0v) is 31.4. The van der Waals surface area contributed by atoms with Crippen molar-refractivity contribution in [2.45, 2.75) is 57.7 Å². The number of halogens is 2. The molecule has 1 aliphatic rings. The lowest BCUT2D eigenvalue weighted by Crippen LogP contribution is -2.67. The fraction of sp³-hybridized carbons (Fsp3) is 0.342. The molecule has 5 aromatic rings. The lowest BCUT2D eigenvalue weighted by Gasteiger charge is -2.44. The predicted molar refractivity (Wildman–Crippen MR) is 202 cm³/mol. The topological polar surface area (TPSA) is 87.5 Å². The number of hydrogen-bond acceptors (Lipinski definition) is 7. The summed E-state index contributed by atoms with van der Waals surface area (Å²) in [5.74, 6) is 1.45. The number of methoxy groups -OCH3 is 2. The number of anilines is 1. The van der Waals surface area contributed by atoms with E-state index in [1.807, 2.05) is 0 Å². The van der Waals surface area contributed by atoms with Crippen molar-refractivity contribution in [1.82, 2.24) is 14.5 Å². The van der Waals surface area contributed by atoms with Gasteiger partial charge in [0.25, 0.3) is 13.9 Å². The van der Waals surface area contributed by atoms with E-state index in [0.29, 0.717) is 45.5 Å². The van der Waals surface area contributed by atoms with Crippen LogP contribution in [0.2, 0.25) is 15.1 Å². The largest absolute Gasteiger partial charge is 0.495 e. The van der Waals surface area contributed by atoms with Crippen molar-refractivity contribution in [3.8, 4) is 22.6 Å². The number of aryl methyl sites for hydroxylation is 1. The predicted octanol–water partition coefficient (Wildman–Crippen LogP) is 7.48. The van der Waals surface area contributed by atoms with E-state index < -0.39 is 8.32 Å². The third kappa shape index (κ3) is 6.33. The van der Waals surface area contributed by atoms with Crippen LogP contribution in [-0.2, 0) is 11.5 Å². The average molecular weight is 718 g/mol. The lowest BCUT2D eigenvalue weighted by molar-refractivity contribution is 0.190. The maximum absolute atomic E-state index is 13.8. The summed E-state index contributed by atoms with van der Waals surface area (Å²) in [6, 6.07) is 24.9. The third-order valence-electron chi connectivity index (χ3n) is 9.70. The van der Waals surface area contributed by atoms with Crippen LogP contribution in [0, 0.1) is 5.92 Å². The van der Waals surface area contributed by atoms with Gasteiger partial charge < -0.3 is 19.2 Å². The molecule has 6 rings (SSSR count). The lowest BCUT2D eigenvalue weighted by atomic mass is 10.0. The molecule has 0 amide bonds. The van der Waals surface area contributed by atoms with Crippen LogP contribution in [0.25, 0.3) is 22.2 Å². The van der Waals surface area contributed by atoms with Crippen molar-refractivity contribution < 1.29 is 13.9 Å². The van der Waals surface area contributed by atoms with Crippen LogP contribution < -0.4 is 30.7 Å². The van der Waals surface area contributed by atoms with Gasteiger partial charge in [-0.3, -0.25) is 9.36 Å². The minimum absolute atomic E-state index is 0.0422.